The van der Waals surface area contributed by atoms with Gasteiger partial charge in [0.15, 0.2) is 0 Å². The summed E-state index contributed by atoms with van der Waals surface area (Å²) in [6.07, 6.45) is 1.75. The van der Waals surface area contributed by atoms with Gasteiger partial charge in [-0.2, -0.15) is 0 Å². The fraction of sp³-hybridized carbons (Fsp3) is 0.464. The van der Waals surface area contributed by atoms with Crippen LogP contribution >= 0.6 is 0 Å². The van der Waals surface area contributed by atoms with Crippen LogP contribution < -0.4 is 5.32 Å². The normalized spacial score (nSPS) is 24.3. The van der Waals surface area contributed by atoms with Crippen LogP contribution in [0.5, 0.6) is 0 Å². The Bertz CT molecular complexity index is 1130. The van der Waals surface area contributed by atoms with Crippen molar-refractivity contribution < 1.29 is 24.2 Å². The van der Waals surface area contributed by atoms with Gasteiger partial charge in [-0.15, -0.1) is 0 Å². The third kappa shape index (κ3) is 3.87. The summed E-state index contributed by atoms with van der Waals surface area (Å²) < 4.78 is 5.64. The lowest BCUT2D eigenvalue weighted by Crippen LogP contribution is -2.53. The summed E-state index contributed by atoms with van der Waals surface area (Å²) in [5, 5.41) is 12.5. The number of ether oxygens (including phenoxy) is 1. The number of carboxylic acids is 1. The van der Waals surface area contributed by atoms with E-state index in [1.165, 1.54) is 11.1 Å². The first kappa shape index (κ1) is 23.4. The highest BCUT2D eigenvalue weighted by Gasteiger charge is 2.53. The SMILES string of the molecule is C[C@@H]1CN(C(=O)C2(CNC(=O)OCC3c4ccccc4-c4ccccc43)CCC2)C[C@@]1(C)C(=O)O. The van der Waals surface area contributed by atoms with E-state index in [1.807, 2.05) is 31.2 Å². The lowest BCUT2D eigenvalue weighted by atomic mass is 9.67. The number of rotatable bonds is 6. The van der Waals surface area contributed by atoms with E-state index in [0.717, 1.165) is 17.5 Å². The number of nitrogens with one attached hydrogen (secondary N) is 1. The van der Waals surface area contributed by atoms with Crippen LogP contribution in [0.1, 0.15) is 50.2 Å². The number of hydrogen-bond donors (Lipinski definition) is 2. The maximum absolute atomic E-state index is 13.4. The summed E-state index contributed by atoms with van der Waals surface area (Å²) in [6.45, 7) is 4.64. The molecular weight excluding hydrogens is 444 g/mol. The van der Waals surface area contributed by atoms with E-state index in [4.69, 9.17) is 4.74 Å². The third-order valence-electron chi connectivity index (χ3n) is 8.56. The van der Waals surface area contributed by atoms with E-state index in [2.05, 4.69) is 29.6 Å². The second-order valence-electron chi connectivity index (χ2n) is 10.6. The third-order valence-corrected chi connectivity index (χ3v) is 8.56. The first-order valence-electron chi connectivity index (χ1n) is 12.4. The number of amides is 2. The fourth-order valence-electron chi connectivity index (χ4n) is 5.88. The van der Waals surface area contributed by atoms with Crippen molar-refractivity contribution >= 4 is 18.0 Å². The molecule has 0 bridgehead atoms. The Morgan fingerprint density at radius 2 is 1.66 bits per heavy atom. The van der Waals surface area contributed by atoms with E-state index in [1.54, 1.807) is 11.8 Å². The topological polar surface area (TPSA) is 95.9 Å². The molecule has 2 aliphatic carbocycles. The van der Waals surface area contributed by atoms with Crippen molar-refractivity contribution in [1.29, 1.82) is 0 Å². The Labute approximate surface area is 205 Å². The van der Waals surface area contributed by atoms with Crippen LogP contribution in [0.15, 0.2) is 48.5 Å². The molecule has 2 fully saturated rings. The van der Waals surface area contributed by atoms with Crippen molar-refractivity contribution in [1.82, 2.24) is 10.2 Å². The smallest absolute Gasteiger partial charge is 0.407 e. The second-order valence-corrected chi connectivity index (χ2v) is 10.6. The van der Waals surface area contributed by atoms with Crippen LogP contribution in [-0.2, 0) is 14.3 Å². The Balaban J connectivity index is 1.21. The van der Waals surface area contributed by atoms with Crippen LogP contribution in [-0.4, -0.2) is 54.2 Å². The van der Waals surface area contributed by atoms with Gasteiger partial charge in [-0.3, -0.25) is 9.59 Å². The Kier molecular flexibility index (Phi) is 5.82. The number of fused-ring (bicyclic) bond motifs is 3. The minimum absolute atomic E-state index is 0.0211. The van der Waals surface area contributed by atoms with Gasteiger partial charge in [0, 0.05) is 25.6 Å². The molecule has 2 atom stereocenters. The van der Waals surface area contributed by atoms with Gasteiger partial charge in [-0.1, -0.05) is 61.9 Å². The average molecular weight is 477 g/mol. The molecule has 2 amide bonds. The maximum atomic E-state index is 13.4. The molecule has 5 rings (SSSR count). The van der Waals surface area contributed by atoms with Gasteiger partial charge in [0.25, 0.3) is 0 Å². The zero-order chi connectivity index (χ0) is 24.8. The molecule has 7 heteroatoms. The van der Waals surface area contributed by atoms with Crippen molar-refractivity contribution in [2.24, 2.45) is 16.7 Å². The number of alkyl carbamates (subject to hydrolysis) is 1. The van der Waals surface area contributed by atoms with E-state index in [0.29, 0.717) is 19.4 Å². The van der Waals surface area contributed by atoms with E-state index >= 15 is 0 Å². The van der Waals surface area contributed by atoms with Gasteiger partial charge < -0.3 is 20.1 Å². The molecule has 3 aliphatic rings. The zero-order valence-electron chi connectivity index (χ0n) is 20.3. The summed E-state index contributed by atoms with van der Waals surface area (Å²) in [6, 6.07) is 16.4. The summed E-state index contributed by atoms with van der Waals surface area (Å²) >= 11 is 0. The van der Waals surface area contributed by atoms with Crippen molar-refractivity contribution in [3.63, 3.8) is 0 Å². The van der Waals surface area contributed by atoms with Gasteiger partial charge in [-0.25, -0.2) is 4.79 Å². The summed E-state index contributed by atoms with van der Waals surface area (Å²) in [5.41, 5.74) is 3.03. The summed E-state index contributed by atoms with van der Waals surface area (Å²) in [5.74, 6) is -1.08. The monoisotopic (exact) mass is 476 g/mol. The van der Waals surface area contributed by atoms with Crippen LogP contribution in [0.3, 0.4) is 0 Å². The maximum Gasteiger partial charge on any atom is 0.407 e. The van der Waals surface area contributed by atoms with E-state index in [-0.39, 0.29) is 37.4 Å². The quantitative estimate of drug-likeness (QED) is 0.649. The van der Waals surface area contributed by atoms with E-state index < -0.39 is 22.9 Å². The number of nitrogens with zero attached hydrogens (tertiary/aromatic N) is 1. The predicted octanol–water partition coefficient (Wildman–Crippen LogP) is 4.26. The Hall–Kier alpha value is -3.35. The second kappa shape index (κ2) is 8.70. The van der Waals surface area contributed by atoms with Crippen LogP contribution in [0.2, 0.25) is 0 Å². The highest BCUT2D eigenvalue weighted by Crippen LogP contribution is 2.46. The minimum atomic E-state index is -0.944. The van der Waals surface area contributed by atoms with Crippen molar-refractivity contribution in [2.75, 3.05) is 26.2 Å². The summed E-state index contributed by atoms with van der Waals surface area (Å²) in [7, 11) is 0. The molecule has 1 heterocycles. The number of carbonyl (C=O) groups is 3. The molecule has 7 nitrogen and oxygen atoms in total. The number of benzene rings is 2. The highest BCUT2D eigenvalue weighted by atomic mass is 16.5. The number of carbonyl (C=O) groups excluding carboxylic acids is 2. The van der Waals surface area contributed by atoms with Crippen LogP contribution in [0, 0.1) is 16.7 Å². The molecule has 35 heavy (non-hydrogen) atoms. The lowest BCUT2D eigenvalue weighted by Gasteiger charge is -2.42. The molecule has 1 saturated heterocycles. The number of hydrogen-bond acceptors (Lipinski definition) is 4. The standard InChI is InChI=1S/C28H32N2O5/c1-18-14-30(17-27(18,2)25(32)33)24(31)28(12-7-13-28)16-29-26(34)35-15-23-21-10-5-3-8-19(21)20-9-4-6-11-22(20)23/h3-6,8-11,18,23H,7,12-17H2,1-2H3,(H,29,34)(H,32,33)/t18-,27-/m1/s1. The van der Waals surface area contributed by atoms with Gasteiger partial charge in [0.1, 0.15) is 6.61 Å². The molecule has 0 spiro atoms. The number of aliphatic carboxylic acids is 1. The van der Waals surface area contributed by atoms with Gasteiger partial charge in [-0.05, 0) is 47.9 Å². The molecule has 0 unspecified atom stereocenters. The van der Waals surface area contributed by atoms with Gasteiger partial charge in [0.2, 0.25) is 5.91 Å². The molecule has 1 aliphatic heterocycles. The highest BCUT2D eigenvalue weighted by molar-refractivity contribution is 5.86. The molecule has 2 aromatic carbocycles. The van der Waals surface area contributed by atoms with Crippen molar-refractivity contribution in [3.05, 3.63) is 59.7 Å². The van der Waals surface area contributed by atoms with E-state index in [9.17, 15) is 19.5 Å². The molecule has 0 radical (unpaired) electrons. The average Bonchev–Trinajstić information content (AvgIpc) is 3.32. The Morgan fingerprint density at radius 3 is 2.17 bits per heavy atom. The lowest BCUT2D eigenvalue weighted by molar-refractivity contribution is -0.150. The predicted molar refractivity (Wildman–Crippen MR) is 131 cm³/mol. The molecule has 2 aromatic rings. The van der Waals surface area contributed by atoms with Crippen LogP contribution in [0.25, 0.3) is 11.1 Å². The molecule has 0 aromatic heterocycles. The summed E-state index contributed by atoms with van der Waals surface area (Å²) in [4.78, 5) is 39.5. The molecular formula is C28H32N2O5. The van der Waals surface area contributed by atoms with Gasteiger partial charge >= 0.3 is 12.1 Å². The number of likely N-dealkylation sites (tertiary alicyclic amines) is 1. The first-order chi connectivity index (χ1) is 16.7. The zero-order valence-corrected chi connectivity index (χ0v) is 20.3. The molecule has 184 valence electrons. The fourth-order valence-corrected chi connectivity index (χ4v) is 5.88. The first-order valence-corrected chi connectivity index (χ1v) is 12.4. The Morgan fingerprint density at radius 1 is 1.06 bits per heavy atom. The minimum Gasteiger partial charge on any atom is -0.481 e. The van der Waals surface area contributed by atoms with Gasteiger partial charge in [0.05, 0.1) is 10.8 Å². The van der Waals surface area contributed by atoms with Crippen molar-refractivity contribution in [2.45, 2.75) is 39.0 Å². The molecule has 2 N–H and O–H groups in total. The van der Waals surface area contributed by atoms with Crippen molar-refractivity contribution in [3.8, 4) is 11.1 Å². The largest absolute Gasteiger partial charge is 0.481 e. The van der Waals surface area contributed by atoms with Crippen LogP contribution in [0.4, 0.5) is 4.79 Å². The number of carboxylic acid groups (broad SMARTS) is 1. The molecule has 1 saturated carbocycles.